The third-order valence-electron chi connectivity index (χ3n) is 7.30. The van der Waals surface area contributed by atoms with Gasteiger partial charge < -0.3 is 21.3 Å². The van der Waals surface area contributed by atoms with Gasteiger partial charge in [-0.2, -0.15) is 0 Å². The van der Waals surface area contributed by atoms with Crippen LogP contribution < -0.4 is 11.5 Å². The monoisotopic (exact) mass is 572 g/mol. The maximum absolute atomic E-state index is 14.4. The number of hydrogen-bond donors (Lipinski definition) is 4. The van der Waals surface area contributed by atoms with E-state index in [0.717, 1.165) is 21.4 Å². The lowest BCUT2D eigenvalue weighted by atomic mass is 9.96. The largest absolute Gasteiger partial charge is 0.507 e. The molecule has 2 atom stereocenters. The molecule has 1 aliphatic heterocycles. The molecule has 1 unspecified atom stereocenters. The Balaban J connectivity index is 1.63. The number of nitrogens with two attached hydrogens (primary N) is 2. The molecular weight excluding hydrogens is 544 g/mol. The van der Waals surface area contributed by atoms with Gasteiger partial charge in [0.1, 0.15) is 5.84 Å². The van der Waals surface area contributed by atoms with Crippen LogP contribution in [0.15, 0.2) is 95.9 Å². The number of sulfone groups is 1. The van der Waals surface area contributed by atoms with Crippen molar-refractivity contribution in [2.24, 2.45) is 11.5 Å². The Labute approximate surface area is 236 Å². The van der Waals surface area contributed by atoms with Crippen LogP contribution in [-0.4, -0.2) is 47.4 Å². The predicted molar refractivity (Wildman–Crippen MR) is 153 cm³/mol. The van der Waals surface area contributed by atoms with Gasteiger partial charge in [-0.05, 0) is 39.6 Å². The molecule has 210 valence electrons. The zero-order valence-corrected chi connectivity index (χ0v) is 22.7. The number of nitrogens with one attached hydrogen (secondary N) is 1. The molecule has 0 aromatic heterocycles. The zero-order valence-electron chi connectivity index (χ0n) is 21.9. The van der Waals surface area contributed by atoms with E-state index in [1.165, 1.54) is 12.1 Å². The minimum atomic E-state index is -4.58. The minimum Gasteiger partial charge on any atom is -0.450 e. The lowest BCUT2D eigenvalue weighted by Crippen LogP contribution is -2.64. The summed E-state index contributed by atoms with van der Waals surface area (Å²) < 4.78 is 33.8. The van der Waals surface area contributed by atoms with Crippen LogP contribution in [0.4, 0.5) is 4.79 Å². The number of nitrogens with zero attached hydrogens (tertiary/aromatic N) is 1. The fourth-order valence-corrected chi connectivity index (χ4v) is 6.75. The summed E-state index contributed by atoms with van der Waals surface area (Å²) in [6, 6.07) is 25.0. The molecule has 1 amide bonds. The van der Waals surface area contributed by atoms with Gasteiger partial charge in [-0.15, -0.1) is 0 Å². The Morgan fingerprint density at radius 1 is 0.951 bits per heavy atom. The number of carboxylic acid groups (broad SMARTS) is 1. The number of benzene rings is 4. The summed E-state index contributed by atoms with van der Waals surface area (Å²) in [4.78, 5) is 24.3. The van der Waals surface area contributed by atoms with Crippen molar-refractivity contribution in [3.05, 3.63) is 113 Å². The molecule has 0 radical (unpaired) electrons. The first-order valence-corrected chi connectivity index (χ1v) is 14.2. The van der Waals surface area contributed by atoms with E-state index >= 15 is 0 Å². The van der Waals surface area contributed by atoms with Crippen molar-refractivity contribution in [3.63, 3.8) is 0 Å². The van der Waals surface area contributed by atoms with Gasteiger partial charge >= 0.3 is 6.16 Å². The van der Waals surface area contributed by atoms with Gasteiger partial charge in [0.05, 0.1) is 4.90 Å². The fourth-order valence-electron chi connectivity index (χ4n) is 5.10. The summed E-state index contributed by atoms with van der Waals surface area (Å²) in [6.07, 6.45) is -3.29. The van der Waals surface area contributed by atoms with Gasteiger partial charge in [0.15, 0.2) is 6.23 Å². The first-order chi connectivity index (χ1) is 19.5. The molecule has 6 N–H and O–H groups in total. The van der Waals surface area contributed by atoms with Crippen molar-refractivity contribution < 1.29 is 27.9 Å². The number of carbonyl (C=O) groups excluding carboxylic acids is 1. The second-order valence-corrected chi connectivity index (χ2v) is 12.1. The Kier molecular flexibility index (Phi) is 7.24. The Morgan fingerprint density at radius 2 is 1.59 bits per heavy atom. The highest BCUT2D eigenvalue weighted by Crippen LogP contribution is 2.33. The Morgan fingerprint density at radius 3 is 2.24 bits per heavy atom. The topological polar surface area (TPSA) is 177 Å². The second-order valence-electron chi connectivity index (χ2n) is 9.93. The summed E-state index contributed by atoms with van der Waals surface area (Å²) in [6.45, 7) is -0.0948. The van der Waals surface area contributed by atoms with Crippen molar-refractivity contribution in [3.8, 4) is 0 Å². The first-order valence-electron chi connectivity index (χ1n) is 12.7. The molecule has 4 aromatic rings. The number of amides is 1. The van der Waals surface area contributed by atoms with Crippen LogP contribution in [0.3, 0.4) is 0 Å². The molecule has 4 aromatic carbocycles. The number of nitrogen functional groups attached to an aromatic ring is 1. The predicted octanol–water partition coefficient (Wildman–Crippen LogP) is 3.40. The van der Waals surface area contributed by atoms with Gasteiger partial charge in [0, 0.05) is 24.9 Å². The van der Waals surface area contributed by atoms with Crippen molar-refractivity contribution in [2.45, 2.75) is 35.4 Å². The van der Waals surface area contributed by atoms with Crippen molar-refractivity contribution in [1.82, 2.24) is 4.90 Å². The highest BCUT2D eigenvalue weighted by molar-refractivity contribution is 7.93. The molecule has 0 spiro atoms. The van der Waals surface area contributed by atoms with Crippen LogP contribution >= 0.6 is 0 Å². The van der Waals surface area contributed by atoms with Crippen molar-refractivity contribution in [1.29, 1.82) is 5.41 Å². The molecule has 0 saturated heterocycles. The first kappa shape index (κ1) is 27.8. The number of fused-ring (bicyclic) bond motifs is 2. The molecule has 0 fully saturated rings. The third-order valence-corrected chi connectivity index (χ3v) is 9.46. The van der Waals surface area contributed by atoms with E-state index in [2.05, 4.69) is 0 Å². The van der Waals surface area contributed by atoms with E-state index in [4.69, 9.17) is 21.6 Å². The van der Waals surface area contributed by atoms with Gasteiger partial charge in [-0.3, -0.25) is 15.1 Å². The maximum Gasteiger partial charge on any atom is 0.507 e. The van der Waals surface area contributed by atoms with Gasteiger partial charge in [0.2, 0.25) is 14.7 Å². The second kappa shape index (κ2) is 10.7. The smallest absolute Gasteiger partial charge is 0.450 e. The van der Waals surface area contributed by atoms with Gasteiger partial charge in [-0.1, -0.05) is 78.9 Å². The van der Waals surface area contributed by atoms with E-state index in [-0.39, 0.29) is 23.7 Å². The quantitative estimate of drug-likeness (QED) is 0.148. The SMILES string of the molecule is N=C(N)c1ccc(C[C@](N)(C(=O)N2Cc3ccccc3CC2OC(=O)O)S(=O)(=O)c2ccc3ccccc3c2)cc1. The number of carbonyl (C=O) groups is 2. The highest BCUT2D eigenvalue weighted by atomic mass is 32.2. The summed E-state index contributed by atoms with van der Waals surface area (Å²) in [5.74, 6) is -1.17. The van der Waals surface area contributed by atoms with E-state index in [1.54, 1.807) is 66.7 Å². The average molecular weight is 573 g/mol. The molecule has 5 rings (SSSR count). The van der Waals surface area contributed by atoms with Crippen LogP contribution in [0.5, 0.6) is 0 Å². The Bertz CT molecular complexity index is 1770. The normalized spacial score (nSPS) is 16.4. The van der Waals surface area contributed by atoms with Gasteiger partial charge in [0.25, 0.3) is 5.91 Å². The molecule has 10 nitrogen and oxygen atoms in total. The average Bonchev–Trinajstić information content (AvgIpc) is 2.96. The summed E-state index contributed by atoms with van der Waals surface area (Å²) in [5, 5.41) is 18.5. The molecule has 0 bridgehead atoms. The number of amidine groups is 1. The molecule has 41 heavy (non-hydrogen) atoms. The van der Waals surface area contributed by atoms with Crippen LogP contribution in [0.25, 0.3) is 10.8 Å². The van der Waals surface area contributed by atoms with Crippen LogP contribution in [0, 0.1) is 5.41 Å². The zero-order chi connectivity index (χ0) is 29.4. The molecule has 0 aliphatic carbocycles. The molecular formula is C30H28N4O6S. The van der Waals surface area contributed by atoms with E-state index in [0.29, 0.717) is 16.5 Å². The van der Waals surface area contributed by atoms with Crippen molar-refractivity contribution >= 4 is 38.5 Å². The molecule has 11 heteroatoms. The minimum absolute atomic E-state index is 0.0353. The standard InChI is InChI=1S/C30H28N4O6S/c31-27(32)21-11-9-19(10-12-21)17-30(33,41(38,39)25-14-13-20-5-1-2-6-22(20)15-25)28(35)34-18-24-8-4-3-7-23(24)16-26(34)40-29(36)37/h1-15,26H,16-18,33H2,(H3,31,32)(H,36,37)/t26?,30-/m1/s1. The van der Waals surface area contributed by atoms with Crippen molar-refractivity contribution in [2.75, 3.05) is 0 Å². The van der Waals surface area contributed by atoms with Gasteiger partial charge in [-0.25, -0.2) is 13.2 Å². The van der Waals surface area contributed by atoms with Crippen LogP contribution in [0.2, 0.25) is 0 Å². The summed E-state index contributed by atoms with van der Waals surface area (Å²) >= 11 is 0. The molecule has 1 aliphatic rings. The number of hydrogen-bond acceptors (Lipinski definition) is 7. The number of rotatable bonds is 7. The van der Waals surface area contributed by atoms with E-state index in [9.17, 15) is 23.1 Å². The lowest BCUT2D eigenvalue weighted by molar-refractivity contribution is -0.147. The maximum atomic E-state index is 14.4. The third kappa shape index (κ3) is 5.24. The number of ether oxygens (including phenoxy) is 1. The molecule has 0 saturated carbocycles. The summed E-state index contributed by atoms with van der Waals surface area (Å²) in [5.41, 5.74) is 14.6. The summed E-state index contributed by atoms with van der Waals surface area (Å²) in [7, 11) is -4.58. The van der Waals surface area contributed by atoms with Crippen LogP contribution in [0.1, 0.15) is 22.3 Å². The Hall–Kier alpha value is -4.74. The van der Waals surface area contributed by atoms with E-state index < -0.39 is 39.4 Å². The lowest BCUT2D eigenvalue weighted by Gasteiger charge is -2.40. The fraction of sp³-hybridized carbons (Fsp3) is 0.167. The van der Waals surface area contributed by atoms with Crippen LogP contribution in [-0.2, 0) is 38.8 Å². The highest BCUT2D eigenvalue weighted by Gasteiger charge is 2.52. The molecule has 1 heterocycles. The van der Waals surface area contributed by atoms with E-state index in [1.807, 2.05) is 12.1 Å².